The topological polar surface area (TPSA) is 109 Å². The monoisotopic (exact) mass is 1260 g/mol. The van der Waals surface area contributed by atoms with Gasteiger partial charge in [-0.2, -0.15) is 0 Å². The lowest BCUT2D eigenvalue weighted by Gasteiger charge is -2.21. The highest BCUT2D eigenvalue weighted by Crippen LogP contribution is 2.24. The van der Waals surface area contributed by atoms with Gasteiger partial charge in [-0.05, 0) is 63.2 Å². The first-order valence-corrected chi connectivity index (χ1v) is 41.3. The first kappa shape index (κ1) is 88.7. The summed E-state index contributed by atoms with van der Waals surface area (Å²) < 4.78 is 18.3. The van der Waals surface area contributed by atoms with E-state index in [-0.39, 0.29) is 38.3 Å². The van der Waals surface area contributed by atoms with Crippen molar-refractivity contribution in [2.45, 2.75) is 438 Å². The van der Waals surface area contributed by atoms with Crippen molar-refractivity contribution >= 4 is 0 Å². The van der Waals surface area contributed by atoms with Crippen molar-refractivity contribution in [3.8, 4) is 0 Å². The van der Waals surface area contributed by atoms with Gasteiger partial charge in [0.2, 0.25) is 0 Å². The second-order valence-corrected chi connectivity index (χ2v) is 29.2. The van der Waals surface area contributed by atoms with Gasteiger partial charge in [0.25, 0.3) is 0 Å². The zero-order valence-corrected chi connectivity index (χ0v) is 61.1. The van der Waals surface area contributed by atoms with E-state index < -0.39 is 0 Å². The molecule has 7 heteroatoms. The Morgan fingerprint density at radius 2 is 0.337 bits per heavy atom. The molecule has 0 fully saturated rings. The molecule has 0 saturated heterocycles. The molecule has 0 amide bonds. The lowest BCUT2D eigenvalue weighted by atomic mass is 9.91. The number of aliphatic hydroxyl groups is 4. The van der Waals surface area contributed by atoms with Gasteiger partial charge >= 0.3 is 0 Å². The van der Waals surface area contributed by atoms with E-state index in [4.69, 9.17) is 14.2 Å². The van der Waals surface area contributed by atoms with Crippen LogP contribution in [-0.4, -0.2) is 86.5 Å². The van der Waals surface area contributed by atoms with Crippen LogP contribution in [0, 0.1) is 23.7 Å². The number of hydrogen-bond donors (Lipinski definition) is 4. The standard InChI is InChI=1S/C82H166O7/c1-3-5-7-9-11-13-15-17-19-25-33-39-45-51-57-63-69-88-77-79(71-81(73-83)74-84)65-59-53-47-41-35-29-23-21-27-31-37-43-49-55-61-67-87-68-62-56-50-44-38-32-28-22-24-30-36-42-48-54-60-66-80(72-82(75-85)76-86)78-89-70-64-58-52-46-40-34-26-20-18-16-14-12-10-8-6-4-2/h79-86H,3-78H2,1-2H3. The molecule has 0 bridgehead atoms. The number of hydrogen-bond acceptors (Lipinski definition) is 7. The van der Waals surface area contributed by atoms with Crippen molar-refractivity contribution in [3.63, 3.8) is 0 Å². The van der Waals surface area contributed by atoms with Crippen LogP contribution in [0.25, 0.3) is 0 Å². The van der Waals surface area contributed by atoms with Gasteiger partial charge < -0.3 is 34.6 Å². The number of aliphatic hydroxyl groups excluding tert-OH is 4. The van der Waals surface area contributed by atoms with E-state index in [1.54, 1.807) is 0 Å². The third-order valence-electron chi connectivity index (χ3n) is 20.2. The molecule has 536 valence electrons. The molecular formula is C82H166O7. The SMILES string of the molecule is CCCCCCCCCCCCCCCCCCOCC(CCCCCCCCCCCCCCCCCOCCCCCCCCCCCCCCCCCC(COCCCCCCCCCCCCCCCCCC)CC(CO)CO)CC(CO)CO. The molecule has 0 spiro atoms. The minimum atomic E-state index is -0.00546. The van der Waals surface area contributed by atoms with Crippen LogP contribution in [0.1, 0.15) is 438 Å². The summed E-state index contributed by atoms with van der Waals surface area (Å²) in [5.41, 5.74) is 0. The second-order valence-electron chi connectivity index (χ2n) is 29.2. The number of ether oxygens (including phenoxy) is 3. The maximum atomic E-state index is 9.74. The third-order valence-corrected chi connectivity index (χ3v) is 20.2. The zero-order chi connectivity index (χ0) is 64.2. The van der Waals surface area contributed by atoms with E-state index in [0.29, 0.717) is 11.8 Å². The molecule has 7 nitrogen and oxygen atoms in total. The summed E-state index contributed by atoms with van der Waals surface area (Å²) in [6.45, 7) is 10.1. The van der Waals surface area contributed by atoms with E-state index >= 15 is 0 Å². The fourth-order valence-corrected chi connectivity index (χ4v) is 13.9. The lowest BCUT2D eigenvalue weighted by Crippen LogP contribution is -2.20. The predicted molar refractivity (Wildman–Crippen MR) is 391 cm³/mol. The van der Waals surface area contributed by atoms with Crippen LogP contribution in [0.2, 0.25) is 0 Å². The molecule has 0 heterocycles. The summed E-state index contributed by atoms with van der Waals surface area (Å²) in [6.07, 6.45) is 89.5. The van der Waals surface area contributed by atoms with Gasteiger partial charge in [-0.1, -0.05) is 386 Å². The molecule has 4 N–H and O–H groups in total. The smallest absolute Gasteiger partial charge is 0.0494 e. The first-order chi connectivity index (χ1) is 44.1. The molecule has 89 heavy (non-hydrogen) atoms. The maximum absolute atomic E-state index is 9.74. The fourth-order valence-electron chi connectivity index (χ4n) is 13.9. The lowest BCUT2D eigenvalue weighted by molar-refractivity contribution is 0.0643. The largest absolute Gasteiger partial charge is 0.396 e. The van der Waals surface area contributed by atoms with Gasteiger partial charge in [-0.15, -0.1) is 0 Å². The van der Waals surface area contributed by atoms with Gasteiger partial charge in [0, 0.05) is 77.9 Å². The molecule has 0 aromatic carbocycles. The molecule has 0 aliphatic rings. The molecule has 0 aliphatic carbocycles. The molecule has 0 aromatic rings. The van der Waals surface area contributed by atoms with Crippen LogP contribution in [0.5, 0.6) is 0 Å². The molecular weight excluding hydrogens is 1100 g/mol. The Kier molecular flexibility index (Phi) is 79.9. The van der Waals surface area contributed by atoms with Crippen LogP contribution >= 0.6 is 0 Å². The van der Waals surface area contributed by atoms with Crippen molar-refractivity contribution < 1.29 is 34.6 Å². The Balaban J connectivity index is 3.55. The van der Waals surface area contributed by atoms with Gasteiger partial charge in [-0.3, -0.25) is 0 Å². The first-order valence-electron chi connectivity index (χ1n) is 41.3. The fraction of sp³-hybridized carbons (Fsp3) is 1.00. The summed E-state index contributed by atoms with van der Waals surface area (Å²) >= 11 is 0. The third kappa shape index (κ3) is 73.4. The van der Waals surface area contributed by atoms with Gasteiger partial charge in [0.1, 0.15) is 0 Å². The van der Waals surface area contributed by atoms with Gasteiger partial charge in [-0.25, -0.2) is 0 Å². The molecule has 2 unspecified atom stereocenters. The predicted octanol–water partition coefficient (Wildman–Crippen LogP) is 25.3. The van der Waals surface area contributed by atoms with E-state index in [1.165, 1.54) is 398 Å². The van der Waals surface area contributed by atoms with Gasteiger partial charge in [0.15, 0.2) is 0 Å². The zero-order valence-electron chi connectivity index (χ0n) is 61.1. The normalized spacial score (nSPS) is 12.7. The molecule has 0 saturated carbocycles. The Morgan fingerprint density at radius 3 is 0.517 bits per heavy atom. The Morgan fingerprint density at radius 1 is 0.180 bits per heavy atom. The van der Waals surface area contributed by atoms with Crippen molar-refractivity contribution in [1.82, 2.24) is 0 Å². The minimum Gasteiger partial charge on any atom is -0.396 e. The summed E-state index contributed by atoms with van der Waals surface area (Å²) in [4.78, 5) is 0. The van der Waals surface area contributed by atoms with Crippen LogP contribution in [0.4, 0.5) is 0 Å². The molecule has 0 aliphatic heterocycles. The number of rotatable bonds is 82. The summed E-state index contributed by atoms with van der Waals surface area (Å²) in [5, 5.41) is 39.0. The summed E-state index contributed by atoms with van der Waals surface area (Å²) in [7, 11) is 0. The minimum absolute atomic E-state index is 0.00546. The second kappa shape index (κ2) is 80.2. The molecule has 0 radical (unpaired) electrons. The van der Waals surface area contributed by atoms with E-state index in [9.17, 15) is 20.4 Å². The van der Waals surface area contributed by atoms with Crippen molar-refractivity contribution in [1.29, 1.82) is 0 Å². The van der Waals surface area contributed by atoms with Crippen molar-refractivity contribution in [3.05, 3.63) is 0 Å². The van der Waals surface area contributed by atoms with E-state index in [2.05, 4.69) is 13.8 Å². The maximum Gasteiger partial charge on any atom is 0.0494 e. The van der Waals surface area contributed by atoms with E-state index in [0.717, 1.165) is 65.3 Å². The quantitative estimate of drug-likeness (QED) is 0.0449. The highest BCUT2D eigenvalue weighted by molar-refractivity contribution is 4.68. The van der Waals surface area contributed by atoms with E-state index in [1.807, 2.05) is 0 Å². The summed E-state index contributed by atoms with van der Waals surface area (Å²) in [5.74, 6) is 0.903. The van der Waals surface area contributed by atoms with Crippen LogP contribution in [0.3, 0.4) is 0 Å². The molecule has 0 rings (SSSR count). The van der Waals surface area contributed by atoms with Gasteiger partial charge in [0.05, 0.1) is 0 Å². The number of unbranched alkanes of at least 4 members (excludes halogenated alkanes) is 58. The van der Waals surface area contributed by atoms with Crippen LogP contribution in [-0.2, 0) is 14.2 Å². The Hall–Kier alpha value is -0.280. The Bertz CT molecular complexity index is 1120. The average Bonchev–Trinajstić information content (AvgIpc) is 3.55. The Labute approximate surface area is 559 Å². The van der Waals surface area contributed by atoms with Crippen LogP contribution in [0.15, 0.2) is 0 Å². The van der Waals surface area contributed by atoms with Crippen molar-refractivity contribution in [2.75, 3.05) is 66.1 Å². The van der Waals surface area contributed by atoms with Crippen LogP contribution < -0.4 is 0 Å². The van der Waals surface area contributed by atoms with Crippen molar-refractivity contribution in [2.24, 2.45) is 23.7 Å². The molecule has 2 atom stereocenters. The molecule has 0 aromatic heterocycles. The average molecular weight is 1260 g/mol. The highest BCUT2D eigenvalue weighted by atomic mass is 16.5. The highest BCUT2D eigenvalue weighted by Gasteiger charge is 2.18. The summed E-state index contributed by atoms with van der Waals surface area (Å²) in [6, 6.07) is 0.